The largest absolute Gasteiger partial charge is 0.467 e. The number of amides is 1. The number of aromatic nitrogens is 2. The minimum atomic E-state index is -4.10. The van der Waals surface area contributed by atoms with E-state index < -0.39 is 22.0 Å². The molecule has 0 saturated heterocycles. The highest BCUT2D eigenvalue weighted by Gasteiger charge is 2.24. The Balaban J connectivity index is 1.66. The fourth-order valence-corrected chi connectivity index (χ4v) is 5.71. The molecule has 3 aromatic carbocycles. The fraction of sp³-hybridized carbons (Fsp3) is 0.258. The van der Waals surface area contributed by atoms with Crippen LogP contribution < -0.4 is 14.8 Å². The van der Waals surface area contributed by atoms with E-state index in [0.29, 0.717) is 5.69 Å². The average molecular weight is 557 g/mol. The van der Waals surface area contributed by atoms with Crippen LogP contribution >= 0.6 is 0 Å². The molecule has 4 aromatic rings. The highest BCUT2D eigenvalue weighted by atomic mass is 32.2. The van der Waals surface area contributed by atoms with Gasteiger partial charge in [0.1, 0.15) is 6.10 Å². The van der Waals surface area contributed by atoms with E-state index in [2.05, 4.69) is 40.8 Å². The van der Waals surface area contributed by atoms with Crippen molar-refractivity contribution >= 4 is 21.9 Å². The topological polar surface area (TPSA) is 110 Å². The Morgan fingerprint density at radius 3 is 2.25 bits per heavy atom. The van der Waals surface area contributed by atoms with E-state index in [-0.39, 0.29) is 34.2 Å². The highest BCUT2D eigenvalue weighted by molar-refractivity contribution is 7.92. The van der Waals surface area contributed by atoms with Gasteiger partial charge in [-0.15, -0.1) is 0 Å². The lowest BCUT2D eigenvalue weighted by molar-refractivity contribution is 0.0925. The minimum absolute atomic E-state index is 0.0254. The van der Waals surface area contributed by atoms with Crippen LogP contribution in [-0.4, -0.2) is 30.8 Å². The number of benzene rings is 3. The predicted octanol–water partition coefficient (Wildman–Crippen LogP) is 5.72. The highest BCUT2D eigenvalue weighted by Crippen LogP contribution is 2.32. The molecule has 206 valence electrons. The zero-order chi connectivity index (χ0) is 28.7. The number of rotatable bonds is 2. The monoisotopic (exact) mass is 556 g/mol. The number of sulfonamides is 1. The van der Waals surface area contributed by atoms with Gasteiger partial charge in [0.15, 0.2) is 0 Å². The van der Waals surface area contributed by atoms with Crippen molar-refractivity contribution in [1.82, 2.24) is 15.3 Å². The van der Waals surface area contributed by atoms with E-state index in [1.807, 2.05) is 56.3 Å². The van der Waals surface area contributed by atoms with Gasteiger partial charge in [0, 0.05) is 17.2 Å². The number of nitrogens with zero attached hydrogens (tertiary/aromatic N) is 2. The maximum absolute atomic E-state index is 13.3. The Morgan fingerprint density at radius 2 is 1.57 bits per heavy atom. The van der Waals surface area contributed by atoms with E-state index in [9.17, 15) is 13.2 Å². The van der Waals surface area contributed by atoms with Crippen molar-refractivity contribution in [3.8, 4) is 17.1 Å². The summed E-state index contributed by atoms with van der Waals surface area (Å²) < 4.78 is 35.5. The van der Waals surface area contributed by atoms with E-state index >= 15 is 0 Å². The third-order valence-electron chi connectivity index (χ3n) is 6.93. The maximum atomic E-state index is 13.3. The van der Waals surface area contributed by atoms with E-state index in [1.165, 1.54) is 18.2 Å². The summed E-state index contributed by atoms with van der Waals surface area (Å²) in [5.74, 6) is -0.360. The molecular formula is C31H32N4O4S. The third kappa shape index (κ3) is 5.70. The Kier molecular flexibility index (Phi) is 7.10. The summed E-state index contributed by atoms with van der Waals surface area (Å²) in [6.07, 6.45) is -0.605. The van der Waals surface area contributed by atoms with Gasteiger partial charge in [-0.05, 0) is 59.7 Å². The molecule has 0 fully saturated rings. The zero-order valence-electron chi connectivity index (χ0n) is 23.1. The molecular weight excluding hydrogens is 524 g/mol. The summed E-state index contributed by atoms with van der Waals surface area (Å²) in [5, 5.41) is 2.90. The van der Waals surface area contributed by atoms with Crippen LogP contribution in [0.3, 0.4) is 0 Å². The normalized spacial score (nSPS) is 16.8. The molecule has 1 aliphatic heterocycles. The molecule has 1 aliphatic rings. The lowest BCUT2D eigenvalue weighted by Gasteiger charge is -2.23. The van der Waals surface area contributed by atoms with Gasteiger partial charge in [0.25, 0.3) is 15.9 Å². The van der Waals surface area contributed by atoms with Crippen LogP contribution in [0.5, 0.6) is 5.88 Å². The summed E-state index contributed by atoms with van der Waals surface area (Å²) in [6.45, 7) is 10.5. The minimum Gasteiger partial charge on any atom is -0.467 e. The van der Waals surface area contributed by atoms with E-state index in [0.717, 1.165) is 27.8 Å². The lowest BCUT2D eigenvalue weighted by Crippen LogP contribution is -2.31. The Morgan fingerprint density at radius 1 is 0.900 bits per heavy atom. The molecule has 0 spiro atoms. The van der Waals surface area contributed by atoms with Crippen LogP contribution in [0.4, 0.5) is 5.95 Å². The van der Waals surface area contributed by atoms with Crippen LogP contribution in [0, 0.1) is 13.8 Å². The lowest BCUT2D eigenvalue weighted by atomic mass is 9.86. The van der Waals surface area contributed by atoms with Crippen LogP contribution in [-0.2, 0) is 15.4 Å². The van der Waals surface area contributed by atoms with Gasteiger partial charge in [-0.3, -0.25) is 4.79 Å². The number of ether oxygens (including phenoxy) is 1. The summed E-state index contributed by atoms with van der Waals surface area (Å²) in [6, 6.07) is 21.5. The predicted molar refractivity (Wildman–Crippen MR) is 155 cm³/mol. The smallest absolute Gasteiger partial charge is 0.264 e. The molecule has 0 aliphatic carbocycles. The molecule has 2 N–H and O–H groups in total. The number of carbonyl (C=O) groups is 1. The third-order valence-corrected chi connectivity index (χ3v) is 8.26. The van der Waals surface area contributed by atoms with Gasteiger partial charge in [-0.25, -0.2) is 18.1 Å². The molecule has 1 atom stereocenters. The quantitative estimate of drug-likeness (QED) is 0.327. The van der Waals surface area contributed by atoms with Crippen molar-refractivity contribution in [3.63, 3.8) is 0 Å². The number of aryl methyl sites for hydroxylation is 2. The molecule has 8 nitrogen and oxygen atoms in total. The number of fused-ring (bicyclic) bond motifs is 4. The SMILES string of the molecule is Cc1cccc(C)c1-c1cc2nc(n1)NS(=O)(=O)c1cccc(c1)C(=O)NC[C@H](c1ccc(C(C)(C)C)cc1)O2. The molecule has 0 saturated carbocycles. The van der Waals surface area contributed by atoms with E-state index in [1.54, 1.807) is 12.1 Å². The van der Waals surface area contributed by atoms with Crippen molar-refractivity contribution in [3.05, 3.63) is 101 Å². The maximum Gasteiger partial charge on any atom is 0.264 e. The standard InChI is InChI=1S/C31H32N4O4S/c1-19-8-6-9-20(2)28(19)25-17-27-34-30(33-25)35-40(37,38)24-11-7-10-22(16-24)29(36)32-18-26(39-27)21-12-14-23(15-13-21)31(3,4)5/h6-17,26H,18H2,1-5H3,(H,32,36)(H,33,34,35)/t26-/m1/s1. The second kappa shape index (κ2) is 10.4. The average Bonchev–Trinajstić information content (AvgIpc) is 2.90. The van der Waals surface area contributed by atoms with Crippen LogP contribution in [0.25, 0.3) is 11.3 Å². The van der Waals surface area contributed by atoms with Crippen LogP contribution in [0.15, 0.2) is 77.7 Å². The molecule has 1 aromatic heterocycles. The van der Waals surface area contributed by atoms with Crippen molar-refractivity contribution in [2.75, 3.05) is 11.3 Å². The van der Waals surface area contributed by atoms with E-state index in [4.69, 9.17) is 4.74 Å². The van der Waals surface area contributed by atoms with Crippen LogP contribution in [0.2, 0.25) is 0 Å². The van der Waals surface area contributed by atoms with Gasteiger partial charge in [0.05, 0.1) is 17.1 Å². The first-order valence-electron chi connectivity index (χ1n) is 13.0. The summed E-state index contributed by atoms with van der Waals surface area (Å²) in [4.78, 5) is 22.0. The molecule has 2 heterocycles. The first kappa shape index (κ1) is 27.3. The van der Waals surface area contributed by atoms with Crippen molar-refractivity contribution in [2.24, 2.45) is 0 Å². The number of nitrogens with one attached hydrogen (secondary N) is 2. The van der Waals surface area contributed by atoms with Crippen molar-refractivity contribution in [2.45, 2.75) is 51.0 Å². The second-order valence-corrected chi connectivity index (χ2v) is 12.7. The second-order valence-electron chi connectivity index (χ2n) is 11.0. The molecule has 0 radical (unpaired) electrons. The van der Waals surface area contributed by atoms with Gasteiger partial charge >= 0.3 is 0 Å². The fourth-order valence-electron chi connectivity index (χ4n) is 4.72. The number of anilines is 1. The first-order chi connectivity index (χ1) is 18.9. The Hall–Kier alpha value is -4.24. The molecule has 9 heteroatoms. The van der Waals surface area contributed by atoms with Gasteiger partial charge in [-0.2, -0.15) is 4.98 Å². The zero-order valence-corrected chi connectivity index (χ0v) is 24.0. The Labute approximate surface area is 234 Å². The molecule has 0 unspecified atom stereocenters. The van der Waals surface area contributed by atoms with Crippen molar-refractivity contribution in [1.29, 1.82) is 0 Å². The molecule has 5 rings (SSSR count). The molecule has 40 heavy (non-hydrogen) atoms. The number of hydrogen-bond acceptors (Lipinski definition) is 6. The first-order valence-corrected chi connectivity index (χ1v) is 14.5. The van der Waals surface area contributed by atoms with Gasteiger partial charge in [-0.1, -0.05) is 69.3 Å². The number of carbonyl (C=O) groups excluding carboxylic acids is 1. The van der Waals surface area contributed by atoms with Crippen LogP contribution in [0.1, 0.15) is 59.5 Å². The molecule has 4 bridgehead atoms. The Bertz CT molecular complexity index is 1670. The van der Waals surface area contributed by atoms with Gasteiger partial charge in [0.2, 0.25) is 11.8 Å². The summed E-state index contributed by atoms with van der Waals surface area (Å²) in [5.41, 5.74) is 5.53. The molecule has 1 amide bonds. The van der Waals surface area contributed by atoms with Gasteiger partial charge < -0.3 is 10.1 Å². The summed E-state index contributed by atoms with van der Waals surface area (Å²) >= 11 is 0. The van der Waals surface area contributed by atoms with Crippen molar-refractivity contribution < 1.29 is 17.9 Å². The number of hydrogen-bond donors (Lipinski definition) is 2. The summed E-state index contributed by atoms with van der Waals surface area (Å²) in [7, 11) is -4.10.